The van der Waals surface area contributed by atoms with Crippen LogP contribution in [-0.2, 0) is 0 Å². The van der Waals surface area contributed by atoms with Crippen molar-refractivity contribution in [2.45, 2.75) is 39.2 Å². The van der Waals surface area contributed by atoms with Crippen molar-refractivity contribution in [3.8, 4) is 0 Å². The van der Waals surface area contributed by atoms with E-state index in [1.54, 1.807) is 0 Å². The Hall–Kier alpha value is -0.240. The lowest BCUT2D eigenvalue weighted by molar-refractivity contribution is 0.350. The highest BCUT2D eigenvalue weighted by Gasteiger charge is 2.34. The molecule has 2 rings (SSSR count). The molecule has 0 saturated heterocycles. The molecule has 1 aromatic rings. The minimum atomic E-state index is 0.323. The van der Waals surface area contributed by atoms with Crippen molar-refractivity contribution < 1.29 is 0 Å². The van der Waals surface area contributed by atoms with Gasteiger partial charge in [0, 0.05) is 6.04 Å². The first-order chi connectivity index (χ1) is 8.65. The summed E-state index contributed by atoms with van der Waals surface area (Å²) in [6.45, 7) is 5.53. The van der Waals surface area contributed by atoms with Gasteiger partial charge in [-0.3, -0.25) is 0 Å². The second-order valence-corrected chi connectivity index (χ2v) is 6.06. The van der Waals surface area contributed by atoms with Crippen molar-refractivity contribution in [3.63, 3.8) is 0 Å². The van der Waals surface area contributed by atoms with E-state index in [0.717, 1.165) is 24.4 Å². The van der Waals surface area contributed by atoms with E-state index in [0.29, 0.717) is 22.0 Å². The first-order valence-corrected chi connectivity index (χ1v) is 7.58. The normalized spacial score (nSPS) is 18.7. The summed E-state index contributed by atoms with van der Waals surface area (Å²) < 4.78 is 0. The van der Waals surface area contributed by atoms with Gasteiger partial charge in [0.05, 0.1) is 10.0 Å². The van der Waals surface area contributed by atoms with E-state index >= 15 is 0 Å². The fourth-order valence-electron chi connectivity index (χ4n) is 2.53. The molecule has 0 aliphatic heterocycles. The van der Waals surface area contributed by atoms with Gasteiger partial charge in [0.1, 0.15) is 0 Å². The molecule has 1 nitrogen and oxygen atoms in total. The molecule has 1 fully saturated rings. The highest BCUT2D eigenvalue weighted by atomic mass is 35.5. The predicted octanol–water partition coefficient (Wildman–Crippen LogP) is 5.08. The number of hydrogen-bond acceptors (Lipinski definition) is 1. The molecule has 100 valence electrons. The lowest BCUT2D eigenvalue weighted by Gasteiger charge is -2.27. The van der Waals surface area contributed by atoms with Crippen molar-refractivity contribution in [2.75, 3.05) is 6.54 Å². The zero-order valence-electron chi connectivity index (χ0n) is 11.0. The smallest absolute Gasteiger partial charge is 0.0640 e. The van der Waals surface area contributed by atoms with E-state index < -0.39 is 0 Å². The molecular formula is C15H21Cl2N. The van der Waals surface area contributed by atoms with Crippen molar-refractivity contribution in [2.24, 2.45) is 11.8 Å². The number of rotatable bonds is 6. The number of halogens is 2. The summed E-state index contributed by atoms with van der Waals surface area (Å²) in [4.78, 5) is 0. The zero-order valence-corrected chi connectivity index (χ0v) is 12.6. The van der Waals surface area contributed by atoms with Gasteiger partial charge >= 0.3 is 0 Å². The van der Waals surface area contributed by atoms with E-state index in [9.17, 15) is 0 Å². The summed E-state index contributed by atoms with van der Waals surface area (Å²) in [5.74, 6) is 1.46. The molecular weight excluding hydrogens is 265 g/mol. The quantitative estimate of drug-likeness (QED) is 0.769. The summed E-state index contributed by atoms with van der Waals surface area (Å²) in [6.07, 6.45) is 3.83. The van der Waals surface area contributed by atoms with Crippen LogP contribution in [0.2, 0.25) is 10.0 Å². The van der Waals surface area contributed by atoms with Gasteiger partial charge < -0.3 is 5.32 Å². The summed E-state index contributed by atoms with van der Waals surface area (Å²) in [6, 6.07) is 6.26. The molecule has 0 bridgehead atoms. The molecule has 0 radical (unpaired) electrons. The maximum Gasteiger partial charge on any atom is 0.0640 e. The molecule has 0 aromatic heterocycles. The third-order valence-corrected chi connectivity index (χ3v) is 4.66. The van der Waals surface area contributed by atoms with Crippen LogP contribution < -0.4 is 5.32 Å². The molecule has 18 heavy (non-hydrogen) atoms. The molecule has 1 N–H and O–H groups in total. The molecule has 2 atom stereocenters. The molecule has 2 unspecified atom stereocenters. The first kappa shape index (κ1) is 14.2. The molecule has 0 spiro atoms. The second-order valence-electron chi connectivity index (χ2n) is 5.27. The lowest BCUT2D eigenvalue weighted by atomic mass is 9.90. The lowest BCUT2D eigenvalue weighted by Crippen LogP contribution is -2.29. The van der Waals surface area contributed by atoms with Crippen molar-refractivity contribution in [3.05, 3.63) is 33.8 Å². The van der Waals surface area contributed by atoms with E-state index in [1.165, 1.54) is 12.8 Å². The van der Waals surface area contributed by atoms with Crippen molar-refractivity contribution in [1.29, 1.82) is 0 Å². The van der Waals surface area contributed by atoms with Gasteiger partial charge in [0.15, 0.2) is 0 Å². The van der Waals surface area contributed by atoms with Crippen LogP contribution in [-0.4, -0.2) is 6.54 Å². The maximum atomic E-state index is 6.36. The van der Waals surface area contributed by atoms with Crippen molar-refractivity contribution >= 4 is 23.2 Å². The Morgan fingerprint density at radius 3 is 2.67 bits per heavy atom. The third-order valence-electron chi connectivity index (χ3n) is 3.82. The number of hydrogen-bond donors (Lipinski definition) is 1. The van der Waals surface area contributed by atoms with Crippen LogP contribution in [0.25, 0.3) is 0 Å². The predicted molar refractivity (Wildman–Crippen MR) is 79.4 cm³/mol. The Kier molecular flexibility index (Phi) is 4.94. The van der Waals surface area contributed by atoms with Crippen LogP contribution >= 0.6 is 23.2 Å². The largest absolute Gasteiger partial charge is 0.310 e. The Labute approximate surface area is 120 Å². The van der Waals surface area contributed by atoms with E-state index in [4.69, 9.17) is 23.2 Å². The van der Waals surface area contributed by atoms with Crippen molar-refractivity contribution in [1.82, 2.24) is 5.32 Å². The molecule has 1 aliphatic rings. The van der Waals surface area contributed by atoms with E-state index in [2.05, 4.69) is 25.2 Å². The van der Waals surface area contributed by atoms with Crippen LogP contribution in [0, 0.1) is 11.8 Å². The van der Waals surface area contributed by atoms with Crippen LogP contribution in [0.3, 0.4) is 0 Å². The molecule has 1 aromatic carbocycles. The monoisotopic (exact) mass is 285 g/mol. The number of benzene rings is 1. The standard InChI is InChI=1S/C15H21Cl2N/c1-3-9-18-15(10(2)11-7-8-11)12-5-4-6-13(16)14(12)17/h4-6,10-11,15,18H,3,7-9H2,1-2H3. The van der Waals surface area contributed by atoms with Gasteiger partial charge in [0.25, 0.3) is 0 Å². The summed E-state index contributed by atoms with van der Waals surface area (Å²) >= 11 is 12.5. The number of nitrogens with one attached hydrogen (secondary N) is 1. The fourth-order valence-corrected chi connectivity index (χ4v) is 2.96. The Bertz CT molecular complexity index is 401. The summed E-state index contributed by atoms with van der Waals surface area (Å²) in [5, 5.41) is 4.99. The minimum Gasteiger partial charge on any atom is -0.310 e. The van der Waals surface area contributed by atoms with Gasteiger partial charge in [-0.25, -0.2) is 0 Å². The Balaban J connectivity index is 2.23. The molecule has 1 saturated carbocycles. The highest BCUT2D eigenvalue weighted by molar-refractivity contribution is 6.42. The topological polar surface area (TPSA) is 12.0 Å². The molecule has 3 heteroatoms. The van der Waals surface area contributed by atoms with Gasteiger partial charge in [-0.2, -0.15) is 0 Å². The van der Waals surface area contributed by atoms with E-state index in [-0.39, 0.29) is 0 Å². The SMILES string of the molecule is CCCNC(c1cccc(Cl)c1Cl)C(C)C1CC1. The minimum absolute atomic E-state index is 0.323. The summed E-state index contributed by atoms with van der Waals surface area (Å²) in [7, 11) is 0. The average Bonchev–Trinajstić information content (AvgIpc) is 3.18. The second kappa shape index (κ2) is 6.27. The van der Waals surface area contributed by atoms with E-state index in [1.807, 2.05) is 12.1 Å². The molecule has 0 heterocycles. The van der Waals surface area contributed by atoms with Crippen LogP contribution in [0.1, 0.15) is 44.7 Å². The highest BCUT2D eigenvalue weighted by Crippen LogP contribution is 2.44. The average molecular weight is 286 g/mol. The fraction of sp³-hybridized carbons (Fsp3) is 0.600. The van der Waals surface area contributed by atoms with Gasteiger partial charge in [-0.05, 0) is 49.3 Å². The van der Waals surface area contributed by atoms with Crippen LogP contribution in [0.5, 0.6) is 0 Å². The maximum absolute atomic E-state index is 6.36. The third kappa shape index (κ3) is 3.20. The van der Waals surface area contributed by atoms with Gasteiger partial charge in [0.2, 0.25) is 0 Å². The van der Waals surface area contributed by atoms with Gasteiger partial charge in [-0.1, -0.05) is 49.2 Å². The summed E-state index contributed by atoms with van der Waals surface area (Å²) in [5.41, 5.74) is 1.15. The van der Waals surface area contributed by atoms with Crippen LogP contribution in [0.15, 0.2) is 18.2 Å². The Morgan fingerprint density at radius 1 is 1.33 bits per heavy atom. The van der Waals surface area contributed by atoms with Gasteiger partial charge in [-0.15, -0.1) is 0 Å². The molecule has 1 aliphatic carbocycles. The molecule has 0 amide bonds. The first-order valence-electron chi connectivity index (χ1n) is 6.82. The zero-order chi connectivity index (χ0) is 13.1. The Morgan fingerprint density at radius 2 is 2.06 bits per heavy atom. The van der Waals surface area contributed by atoms with Crippen LogP contribution in [0.4, 0.5) is 0 Å².